The van der Waals surface area contributed by atoms with Gasteiger partial charge in [0.2, 0.25) is 0 Å². The summed E-state index contributed by atoms with van der Waals surface area (Å²) in [6, 6.07) is 2.12. The van der Waals surface area contributed by atoms with Gasteiger partial charge in [-0.25, -0.2) is 0 Å². The number of hydrogen-bond acceptors (Lipinski definition) is 2. The Balaban J connectivity index is 2.59. The van der Waals surface area contributed by atoms with Gasteiger partial charge in [0, 0.05) is 17.5 Å². The lowest BCUT2D eigenvalue weighted by Crippen LogP contribution is -2.32. The van der Waals surface area contributed by atoms with E-state index in [1.807, 2.05) is 6.92 Å². The number of halogens is 1. The lowest BCUT2D eigenvalue weighted by atomic mass is 9.77. The second-order valence-electron chi connectivity index (χ2n) is 5.22. The summed E-state index contributed by atoms with van der Waals surface area (Å²) in [5, 5.41) is 10.4. The average Bonchev–Trinajstić information content (AvgIpc) is 2.81. The van der Waals surface area contributed by atoms with Crippen molar-refractivity contribution in [2.45, 2.75) is 44.9 Å². The molecule has 2 nitrogen and oxygen atoms in total. The Hall–Kier alpha value is -0.540. The molecule has 17 heavy (non-hydrogen) atoms. The van der Waals surface area contributed by atoms with E-state index < -0.39 is 0 Å². The fourth-order valence-corrected chi connectivity index (χ4v) is 3.43. The standard InChI is InChI=1S/C14H20BrNO/c1-9-7-11(13(17)12(15)10(9)2)14(8-16)5-3-4-6-14/h7,17H,3-6,8,16H2,1-2H3. The van der Waals surface area contributed by atoms with Crippen LogP contribution in [0.1, 0.15) is 42.4 Å². The van der Waals surface area contributed by atoms with Crippen LogP contribution in [-0.2, 0) is 5.41 Å². The van der Waals surface area contributed by atoms with E-state index in [4.69, 9.17) is 5.73 Å². The summed E-state index contributed by atoms with van der Waals surface area (Å²) in [4.78, 5) is 0. The van der Waals surface area contributed by atoms with E-state index >= 15 is 0 Å². The molecule has 1 aromatic rings. The van der Waals surface area contributed by atoms with Crippen molar-refractivity contribution in [2.24, 2.45) is 5.73 Å². The molecule has 0 atom stereocenters. The maximum Gasteiger partial charge on any atom is 0.133 e. The number of phenols is 1. The van der Waals surface area contributed by atoms with E-state index in [1.165, 1.54) is 18.4 Å². The second kappa shape index (κ2) is 4.62. The molecule has 0 heterocycles. The molecule has 3 N–H and O–H groups in total. The Morgan fingerprint density at radius 1 is 1.35 bits per heavy atom. The molecule has 0 unspecified atom stereocenters. The summed E-state index contributed by atoms with van der Waals surface area (Å²) in [6.45, 7) is 4.73. The zero-order valence-corrected chi connectivity index (χ0v) is 12.1. The van der Waals surface area contributed by atoms with Gasteiger partial charge in [0.15, 0.2) is 0 Å². The van der Waals surface area contributed by atoms with Crippen LogP contribution < -0.4 is 5.73 Å². The molecule has 1 fully saturated rings. The van der Waals surface area contributed by atoms with Crippen LogP contribution in [0.2, 0.25) is 0 Å². The molecular formula is C14H20BrNO. The summed E-state index contributed by atoms with van der Waals surface area (Å²) in [7, 11) is 0. The van der Waals surface area contributed by atoms with Crippen molar-refractivity contribution < 1.29 is 5.11 Å². The van der Waals surface area contributed by atoms with E-state index in [1.54, 1.807) is 0 Å². The zero-order chi connectivity index (χ0) is 12.6. The molecule has 1 aliphatic carbocycles. The molecule has 1 aliphatic rings. The first-order chi connectivity index (χ1) is 8.02. The molecule has 0 bridgehead atoms. The first-order valence-corrected chi connectivity index (χ1v) is 7.00. The van der Waals surface area contributed by atoms with Crippen molar-refractivity contribution in [2.75, 3.05) is 6.54 Å². The lowest BCUT2D eigenvalue weighted by Gasteiger charge is -2.30. The van der Waals surface area contributed by atoms with Crippen molar-refractivity contribution in [1.29, 1.82) is 0 Å². The third-order valence-corrected chi connectivity index (χ3v) is 5.24. The lowest BCUT2D eigenvalue weighted by molar-refractivity contribution is 0.403. The van der Waals surface area contributed by atoms with Crippen molar-refractivity contribution in [1.82, 2.24) is 0 Å². The van der Waals surface area contributed by atoms with Gasteiger partial charge in [-0.2, -0.15) is 0 Å². The van der Waals surface area contributed by atoms with Crippen LogP contribution in [0.3, 0.4) is 0 Å². The van der Waals surface area contributed by atoms with Crippen LogP contribution in [0.25, 0.3) is 0 Å². The summed E-state index contributed by atoms with van der Waals surface area (Å²) in [5.41, 5.74) is 9.33. The van der Waals surface area contributed by atoms with Gasteiger partial charge in [-0.3, -0.25) is 0 Å². The number of aryl methyl sites for hydroxylation is 1. The van der Waals surface area contributed by atoms with Crippen LogP contribution >= 0.6 is 15.9 Å². The highest BCUT2D eigenvalue weighted by Gasteiger charge is 2.37. The van der Waals surface area contributed by atoms with Gasteiger partial charge in [-0.05, 0) is 53.7 Å². The molecule has 1 aromatic carbocycles. The number of nitrogens with two attached hydrogens (primary N) is 1. The molecule has 0 amide bonds. The minimum atomic E-state index is -0.00887. The zero-order valence-electron chi connectivity index (χ0n) is 10.5. The minimum Gasteiger partial charge on any atom is -0.506 e. The summed E-state index contributed by atoms with van der Waals surface area (Å²) < 4.78 is 0.826. The highest BCUT2D eigenvalue weighted by atomic mass is 79.9. The molecule has 0 aromatic heterocycles. The molecule has 1 saturated carbocycles. The number of aromatic hydroxyl groups is 1. The number of phenolic OH excluding ortho intramolecular Hbond substituents is 1. The number of rotatable bonds is 2. The molecule has 3 heteroatoms. The van der Waals surface area contributed by atoms with Crippen LogP contribution in [-0.4, -0.2) is 11.7 Å². The normalized spacial score (nSPS) is 18.6. The van der Waals surface area contributed by atoms with E-state index in [0.29, 0.717) is 12.3 Å². The van der Waals surface area contributed by atoms with Crippen molar-refractivity contribution in [3.05, 3.63) is 27.2 Å². The van der Waals surface area contributed by atoms with Gasteiger partial charge in [0.25, 0.3) is 0 Å². The molecular weight excluding hydrogens is 278 g/mol. The topological polar surface area (TPSA) is 46.2 Å². The molecule has 94 valence electrons. The Labute approximate surface area is 111 Å². The SMILES string of the molecule is Cc1cc(C2(CN)CCCC2)c(O)c(Br)c1C. The summed E-state index contributed by atoms with van der Waals surface area (Å²) >= 11 is 3.49. The smallest absolute Gasteiger partial charge is 0.133 e. The van der Waals surface area contributed by atoms with Crippen molar-refractivity contribution in [3.8, 4) is 5.75 Å². The Kier molecular flexibility index (Phi) is 3.50. The second-order valence-corrected chi connectivity index (χ2v) is 6.01. The first-order valence-electron chi connectivity index (χ1n) is 6.21. The minimum absolute atomic E-state index is 0.00887. The van der Waals surface area contributed by atoms with Gasteiger partial charge in [0.05, 0.1) is 4.47 Å². The van der Waals surface area contributed by atoms with Crippen LogP contribution in [0, 0.1) is 13.8 Å². The van der Waals surface area contributed by atoms with Gasteiger partial charge in [0.1, 0.15) is 5.75 Å². The number of hydrogen-bond donors (Lipinski definition) is 2. The van der Waals surface area contributed by atoms with E-state index in [9.17, 15) is 5.11 Å². The Morgan fingerprint density at radius 3 is 2.47 bits per heavy atom. The van der Waals surface area contributed by atoms with Crippen LogP contribution in [0.15, 0.2) is 10.5 Å². The van der Waals surface area contributed by atoms with Gasteiger partial charge < -0.3 is 10.8 Å². The highest BCUT2D eigenvalue weighted by molar-refractivity contribution is 9.10. The molecule has 2 rings (SSSR count). The highest BCUT2D eigenvalue weighted by Crippen LogP contribution is 2.47. The fourth-order valence-electron chi connectivity index (χ4n) is 2.90. The largest absolute Gasteiger partial charge is 0.506 e. The van der Waals surface area contributed by atoms with E-state index in [0.717, 1.165) is 28.4 Å². The maximum atomic E-state index is 10.4. The number of benzene rings is 1. The van der Waals surface area contributed by atoms with Gasteiger partial charge in [-0.15, -0.1) is 0 Å². The monoisotopic (exact) mass is 297 g/mol. The summed E-state index contributed by atoms with van der Waals surface area (Å²) in [5.74, 6) is 0.389. The Morgan fingerprint density at radius 2 is 1.94 bits per heavy atom. The quantitative estimate of drug-likeness (QED) is 0.877. The van der Waals surface area contributed by atoms with Crippen molar-refractivity contribution in [3.63, 3.8) is 0 Å². The first kappa shape index (κ1) is 12.9. The predicted molar refractivity (Wildman–Crippen MR) is 74.5 cm³/mol. The molecule has 0 radical (unpaired) electrons. The third kappa shape index (κ3) is 2.00. The van der Waals surface area contributed by atoms with E-state index in [2.05, 4.69) is 28.9 Å². The Bertz CT molecular complexity index is 436. The summed E-state index contributed by atoms with van der Waals surface area (Å²) in [6.07, 6.45) is 4.60. The molecule has 0 spiro atoms. The predicted octanol–water partition coefficient (Wildman–Crippen LogP) is 3.54. The van der Waals surface area contributed by atoms with Gasteiger partial charge >= 0.3 is 0 Å². The van der Waals surface area contributed by atoms with Gasteiger partial charge in [-0.1, -0.05) is 18.9 Å². The molecule has 0 saturated heterocycles. The van der Waals surface area contributed by atoms with E-state index in [-0.39, 0.29) is 5.41 Å². The van der Waals surface area contributed by atoms with Crippen molar-refractivity contribution >= 4 is 15.9 Å². The van der Waals surface area contributed by atoms with Crippen LogP contribution in [0.4, 0.5) is 0 Å². The third-order valence-electron chi connectivity index (χ3n) is 4.27. The molecule has 0 aliphatic heterocycles. The maximum absolute atomic E-state index is 10.4. The fraction of sp³-hybridized carbons (Fsp3) is 0.571. The van der Waals surface area contributed by atoms with Crippen LogP contribution in [0.5, 0.6) is 5.75 Å². The average molecular weight is 298 g/mol.